The fourth-order valence-electron chi connectivity index (χ4n) is 1.18. The monoisotopic (exact) mass is 188 g/mol. The van der Waals surface area contributed by atoms with Crippen molar-refractivity contribution in [3.8, 4) is 5.75 Å². The molecular formula is C8H13ClN2O. The highest BCUT2D eigenvalue weighted by Gasteiger charge is 2.08. The van der Waals surface area contributed by atoms with E-state index in [0.717, 1.165) is 24.4 Å². The van der Waals surface area contributed by atoms with Crippen LogP contribution in [0, 0.1) is 0 Å². The first kappa shape index (κ1) is 9.39. The lowest BCUT2D eigenvalue weighted by molar-refractivity contribution is 0.408. The van der Waals surface area contributed by atoms with E-state index in [1.165, 1.54) is 0 Å². The molecule has 0 aliphatic rings. The van der Waals surface area contributed by atoms with Gasteiger partial charge in [-0.05, 0) is 6.92 Å². The maximum absolute atomic E-state index is 5.65. The maximum Gasteiger partial charge on any atom is 0.159 e. The molecule has 0 unspecified atom stereocenters. The molecule has 0 aromatic carbocycles. The Morgan fingerprint density at radius 1 is 1.67 bits per heavy atom. The predicted octanol–water partition coefficient (Wildman–Crippen LogP) is 1.69. The van der Waals surface area contributed by atoms with Crippen molar-refractivity contribution >= 4 is 11.6 Å². The van der Waals surface area contributed by atoms with E-state index in [0.29, 0.717) is 5.88 Å². The molecule has 0 amide bonds. The van der Waals surface area contributed by atoms with Crippen molar-refractivity contribution < 1.29 is 4.74 Å². The SMILES string of the molecule is CCn1ncc(OC)c1CCCl. The standard InChI is InChI=1S/C8H13ClN2O/c1-3-11-7(4-5-9)8(12-2)6-10-11/h6H,3-5H2,1-2H3. The van der Waals surface area contributed by atoms with Crippen LogP contribution >= 0.6 is 11.6 Å². The summed E-state index contributed by atoms with van der Waals surface area (Å²) in [6.07, 6.45) is 2.53. The molecule has 68 valence electrons. The molecule has 4 heteroatoms. The Bertz CT molecular complexity index is 226. The average molecular weight is 189 g/mol. The molecule has 0 N–H and O–H groups in total. The van der Waals surface area contributed by atoms with Crippen LogP contribution in [-0.4, -0.2) is 22.8 Å². The van der Waals surface area contributed by atoms with Crippen molar-refractivity contribution in [3.63, 3.8) is 0 Å². The Kier molecular flexibility index (Phi) is 3.41. The lowest BCUT2D eigenvalue weighted by Crippen LogP contribution is -2.04. The predicted molar refractivity (Wildman–Crippen MR) is 48.9 cm³/mol. The molecule has 12 heavy (non-hydrogen) atoms. The summed E-state index contributed by atoms with van der Waals surface area (Å²) < 4.78 is 7.04. The molecule has 0 radical (unpaired) electrons. The van der Waals surface area contributed by atoms with E-state index in [1.54, 1.807) is 13.3 Å². The number of methoxy groups -OCH3 is 1. The molecule has 3 nitrogen and oxygen atoms in total. The van der Waals surface area contributed by atoms with E-state index in [2.05, 4.69) is 5.10 Å². The van der Waals surface area contributed by atoms with E-state index < -0.39 is 0 Å². The average Bonchev–Trinajstić information content (AvgIpc) is 2.48. The Morgan fingerprint density at radius 3 is 2.92 bits per heavy atom. The number of rotatable bonds is 4. The maximum atomic E-state index is 5.65. The van der Waals surface area contributed by atoms with Gasteiger partial charge in [-0.2, -0.15) is 5.10 Å². The molecule has 0 spiro atoms. The van der Waals surface area contributed by atoms with Crippen molar-refractivity contribution in [2.75, 3.05) is 13.0 Å². The van der Waals surface area contributed by atoms with Crippen LogP contribution in [0.25, 0.3) is 0 Å². The fourth-order valence-corrected chi connectivity index (χ4v) is 1.36. The van der Waals surface area contributed by atoms with Crippen molar-refractivity contribution in [1.82, 2.24) is 9.78 Å². The third kappa shape index (κ3) is 1.72. The van der Waals surface area contributed by atoms with E-state index in [4.69, 9.17) is 16.3 Å². The van der Waals surface area contributed by atoms with E-state index >= 15 is 0 Å². The van der Waals surface area contributed by atoms with Gasteiger partial charge in [0.25, 0.3) is 0 Å². The van der Waals surface area contributed by atoms with Crippen LogP contribution in [0.5, 0.6) is 5.75 Å². The number of ether oxygens (including phenoxy) is 1. The zero-order valence-electron chi connectivity index (χ0n) is 7.38. The second kappa shape index (κ2) is 4.36. The van der Waals surface area contributed by atoms with Crippen LogP contribution in [-0.2, 0) is 13.0 Å². The first-order valence-corrected chi connectivity index (χ1v) is 4.51. The summed E-state index contributed by atoms with van der Waals surface area (Å²) in [4.78, 5) is 0. The van der Waals surface area contributed by atoms with Crippen molar-refractivity contribution in [2.24, 2.45) is 0 Å². The number of aryl methyl sites for hydroxylation is 1. The van der Waals surface area contributed by atoms with E-state index in [-0.39, 0.29) is 0 Å². The second-order valence-electron chi connectivity index (χ2n) is 2.41. The number of aromatic nitrogens is 2. The topological polar surface area (TPSA) is 27.1 Å². The van der Waals surface area contributed by atoms with Crippen LogP contribution in [0.15, 0.2) is 6.20 Å². The molecule has 0 saturated carbocycles. The molecule has 1 rings (SSSR count). The van der Waals surface area contributed by atoms with Crippen molar-refractivity contribution in [2.45, 2.75) is 19.9 Å². The van der Waals surface area contributed by atoms with Gasteiger partial charge in [-0.15, -0.1) is 11.6 Å². The summed E-state index contributed by atoms with van der Waals surface area (Å²) in [5.74, 6) is 1.43. The van der Waals surface area contributed by atoms with Crippen molar-refractivity contribution in [3.05, 3.63) is 11.9 Å². The minimum Gasteiger partial charge on any atom is -0.493 e. The Balaban J connectivity index is 2.90. The van der Waals surface area contributed by atoms with Gasteiger partial charge in [-0.1, -0.05) is 0 Å². The van der Waals surface area contributed by atoms with Gasteiger partial charge in [-0.25, -0.2) is 0 Å². The summed E-state index contributed by atoms with van der Waals surface area (Å²) in [5.41, 5.74) is 1.08. The normalized spacial score (nSPS) is 10.2. The largest absolute Gasteiger partial charge is 0.493 e. The highest BCUT2D eigenvalue weighted by atomic mass is 35.5. The van der Waals surface area contributed by atoms with Gasteiger partial charge in [0.05, 0.1) is 19.0 Å². The quantitative estimate of drug-likeness (QED) is 0.673. The zero-order chi connectivity index (χ0) is 8.97. The van der Waals surface area contributed by atoms with Gasteiger partial charge >= 0.3 is 0 Å². The van der Waals surface area contributed by atoms with Gasteiger partial charge < -0.3 is 4.74 Å². The lowest BCUT2D eigenvalue weighted by Gasteiger charge is -2.04. The van der Waals surface area contributed by atoms with Gasteiger partial charge in [-0.3, -0.25) is 4.68 Å². The smallest absolute Gasteiger partial charge is 0.159 e. The van der Waals surface area contributed by atoms with Crippen LogP contribution in [0.4, 0.5) is 0 Å². The van der Waals surface area contributed by atoms with Crippen LogP contribution in [0.1, 0.15) is 12.6 Å². The van der Waals surface area contributed by atoms with E-state index in [9.17, 15) is 0 Å². The molecule has 0 aliphatic carbocycles. The minimum absolute atomic E-state index is 0.599. The van der Waals surface area contributed by atoms with Crippen LogP contribution in [0.3, 0.4) is 0 Å². The van der Waals surface area contributed by atoms with Crippen LogP contribution < -0.4 is 4.74 Å². The second-order valence-corrected chi connectivity index (χ2v) is 2.79. The molecule has 1 aromatic heterocycles. The fraction of sp³-hybridized carbons (Fsp3) is 0.625. The highest BCUT2D eigenvalue weighted by molar-refractivity contribution is 6.17. The molecule has 1 heterocycles. The Morgan fingerprint density at radius 2 is 2.42 bits per heavy atom. The molecule has 0 saturated heterocycles. The van der Waals surface area contributed by atoms with Gasteiger partial charge in [0, 0.05) is 18.8 Å². The summed E-state index contributed by atoms with van der Waals surface area (Å²) in [6, 6.07) is 0. The third-order valence-corrected chi connectivity index (χ3v) is 1.95. The first-order valence-electron chi connectivity index (χ1n) is 3.98. The zero-order valence-corrected chi connectivity index (χ0v) is 8.14. The third-order valence-electron chi connectivity index (χ3n) is 1.76. The molecule has 0 atom stereocenters. The number of nitrogens with zero attached hydrogens (tertiary/aromatic N) is 2. The number of halogens is 1. The summed E-state index contributed by atoms with van der Waals surface area (Å²) in [5, 5.41) is 4.16. The summed E-state index contributed by atoms with van der Waals surface area (Å²) >= 11 is 5.65. The summed E-state index contributed by atoms with van der Waals surface area (Å²) in [7, 11) is 1.65. The molecular weight excluding hydrogens is 176 g/mol. The van der Waals surface area contributed by atoms with Gasteiger partial charge in [0.15, 0.2) is 5.75 Å². The van der Waals surface area contributed by atoms with Crippen molar-refractivity contribution in [1.29, 1.82) is 0 Å². The van der Waals surface area contributed by atoms with Gasteiger partial charge in [0.1, 0.15) is 0 Å². The van der Waals surface area contributed by atoms with Crippen LogP contribution in [0.2, 0.25) is 0 Å². The van der Waals surface area contributed by atoms with E-state index in [1.807, 2.05) is 11.6 Å². The van der Waals surface area contributed by atoms with Gasteiger partial charge in [0.2, 0.25) is 0 Å². The summed E-state index contributed by atoms with van der Waals surface area (Å²) in [6.45, 7) is 2.90. The minimum atomic E-state index is 0.599. The molecule has 1 aromatic rings. The first-order chi connectivity index (χ1) is 5.83. The number of hydrogen-bond acceptors (Lipinski definition) is 2. The molecule has 0 fully saturated rings. The molecule has 0 aliphatic heterocycles. The molecule has 0 bridgehead atoms. The Hall–Kier alpha value is -0.700. The highest BCUT2D eigenvalue weighted by Crippen LogP contribution is 2.17. The Labute approximate surface area is 77.3 Å². The number of alkyl halides is 1. The number of hydrogen-bond donors (Lipinski definition) is 0. The lowest BCUT2D eigenvalue weighted by atomic mass is 10.3.